The summed E-state index contributed by atoms with van der Waals surface area (Å²) in [7, 11) is 0. The zero-order valence-corrected chi connectivity index (χ0v) is 8.16. The van der Waals surface area contributed by atoms with E-state index in [4.69, 9.17) is 10.8 Å². The maximum atomic E-state index is 12.8. The van der Waals surface area contributed by atoms with Crippen molar-refractivity contribution in [3.63, 3.8) is 0 Å². The topological polar surface area (TPSA) is 80.4 Å². The third-order valence-electron chi connectivity index (χ3n) is 1.70. The first-order chi connectivity index (χ1) is 7.50. The number of primary amides is 1. The molecule has 1 rings (SSSR count). The first-order valence-electron chi connectivity index (χ1n) is 4.30. The predicted octanol–water partition coefficient (Wildman–Crippen LogP) is 0.751. The number of carboxylic acid groups (broad SMARTS) is 1. The fourth-order valence-corrected chi connectivity index (χ4v) is 1.03. The van der Waals surface area contributed by atoms with E-state index in [1.165, 1.54) is 0 Å². The molecule has 0 atom stereocenters. The standard InChI is InChI=1S/C11H8FNO3/c12-8-4-5-9(11(15)16)7(6-8)2-1-3-10(13)14/h4-6H,3H2,(H2,13,14)(H,15,16). The van der Waals surface area contributed by atoms with Gasteiger partial charge in [0.15, 0.2) is 0 Å². The Hall–Kier alpha value is -2.35. The van der Waals surface area contributed by atoms with Gasteiger partial charge in [-0.25, -0.2) is 9.18 Å². The minimum atomic E-state index is -1.21. The molecule has 0 aromatic heterocycles. The molecule has 0 unspecified atom stereocenters. The third kappa shape index (κ3) is 3.10. The lowest BCUT2D eigenvalue weighted by Gasteiger charge is -1.98. The Labute approximate surface area is 90.9 Å². The summed E-state index contributed by atoms with van der Waals surface area (Å²) in [6, 6.07) is 3.14. The summed E-state index contributed by atoms with van der Waals surface area (Å²) >= 11 is 0. The average Bonchev–Trinajstić information content (AvgIpc) is 2.16. The van der Waals surface area contributed by atoms with Crippen LogP contribution in [0.5, 0.6) is 0 Å². The third-order valence-corrected chi connectivity index (χ3v) is 1.70. The van der Waals surface area contributed by atoms with E-state index in [0.29, 0.717) is 0 Å². The van der Waals surface area contributed by atoms with Crippen molar-refractivity contribution >= 4 is 11.9 Å². The van der Waals surface area contributed by atoms with Gasteiger partial charge in [0.05, 0.1) is 12.0 Å². The SMILES string of the molecule is NC(=O)CC#Cc1cc(F)ccc1C(=O)O. The molecular weight excluding hydrogens is 213 g/mol. The molecule has 0 fully saturated rings. The lowest BCUT2D eigenvalue weighted by molar-refractivity contribution is -0.117. The molecule has 0 spiro atoms. The highest BCUT2D eigenvalue weighted by molar-refractivity contribution is 5.90. The van der Waals surface area contributed by atoms with Crippen LogP contribution >= 0.6 is 0 Å². The van der Waals surface area contributed by atoms with Crippen LogP contribution in [-0.2, 0) is 4.79 Å². The fraction of sp³-hybridized carbons (Fsp3) is 0.0909. The van der Waals surface area contributed by atoms with E-state index in [-0.39, 0.29) is 17.5 Å². The van der Waals surface area contributed by atoms with Gasteiger partial charge >= 0.3 is 5.97 Å². The van der Waals surface area contributed by atoms with Crippen molar-refractivity contribution in [3.8, 4) is 11.8 Å². The molecule has 3 N–H and O–H groups in total. The van der Waals surface area contributed by atoms with Crippen molar-refractivity contribution in [3.05, 3.63) is 35.1 Å². The normalized spacial score (nSPS) is 9.06. The van der Waals surface area contributed by atoms with Gasteiger partial charge in [-0.2, -0.15) is 0 Å². The molecule has 0 bridgehead atoms. The first-order valence-corrected chi connectivity index (χ1v) is 4.30. The van der Waals surface area contributed by atoms with E-state index in [2.05, 4.69) is 11.8 Å². The number of aromatic carboxylic acids is 1. The van der Waals surface area contributed by atoms with Gasteiger partial charge in [-0.15, -0.1) is 0 Å². The molecule has 0 saturated heterocycles. The van der Waals surface area contributed by atoms with Crippen LogP contribution in [0.25, 0.3) is 0 Å². The molecular formula is C11H8FNO3. The molecule has 5 heteroatoms. The summed E-state index contributed by atoms with van der Waals surface area (Å²) < 4.78 is 12.8. The molecule has 1 aromatic carbocycles. The molecule has 0 heterocycles. The zero-order chi connectivity index (χ0) is 12.1. The van der Waals surface area contributed by atoms with E-state index in [9.17, 15) is 14.0 Å². The second kappa shape index (κ2) is 4.94. The van der Waals surface area contributed by atoms with Crippen LogP contribution in [0, 0.1) is 17.7 Å². The Kier molecular flexibility index (Phi) is 3.62. The molecule has 1 aromatic rings. The first kappa shape index (κ1) is 11.7. The average molecular weight is 221 g/mol. The van der Waals surface area contributed by atoms with Gasteiger partial charge < -0.3 is 10.8 Å². The number of halogens is 1. The summed E-state index contributed by atoms with van der Waals surface area (Å²) in [4.78, 5) is 21.2. The second-order valence-electron chi connectivity index (χ2n) is 2.94. The predicted molar refractivity (Wildman–Crippen MR) is 54.0 cm³/mol. The maximum absolute atomic E-state index is 12.8. The number of carbonyl (C=O) groups excluding carboxylic acids is 1. The molecule has 0 aliphatic heterocycles. The van der Waals surface area contributed by atoms with Gasteiger partial charge in [0.2, 0.25) is 5.91 Å². The largest absolute Gasteiger partial charge is 0.478 e. The van der Waals surface area contributed by atoms with E-state index < -0.39 is 17.7 Å². The van der Waals surface area contributed by atoms with Crippen molar-refractivity contribution in [2.45, 2.75) is 6.42 Å². The van der Waals surface area contributed by atoms with Gasteiger partial charge in [0.25, 0.3) is 0 Å². The Bertz CT molecular complexity index is 500. The summed E-state index contributed by atoms with van der Waals surface area (Å²) in [6.45, 7) is 0. The maximum Gasteiger partial charge on any atom is 0.336 e. The van der Waals surface area contributed by atoms with Gasteiger partial charge in [-0.1, -0.05) is 11.8 Å². The molecule has 16 heavy (non-hydrogen) atoms. The monoisotopic (exact) mass is 221 g/mol. The van der Waals surface area contributed by atoms with E-state index in [1.807, 2.05) is 0 Å². The Morgan fingerprint density at radius 2 is 2.12 bits per heavy atom. The summed E-state index contributed by atoms with van der Waals surface area (Å²) in [6.07, 6.45) is -0.199. The van der Waals surface area contributed by atoms with Crippen LogP contribution in [0.15, 0.2) is 18.2 Å². The number of hydrogen-bond donors (Lipinski definition) is 2. The fourth-order valence-electron chi connectivity index (χ4n) is 1.03. The second-order valence-corrected chi connectivity index (χ2v) is 2.94. The van der Waals surface area contributed by atoms with Gasteiger partial charge in [-0.05, 0) is 18.2 Å². The number of rotatable bonds is 2. The quantitative estimate of drug-likeness (QED) is 0.723. The van der Waals surface area contributed by atoms with Crippen molar-refractivity contribution in [1.29, 1.82) is 0 Å². The van der Waals surface area contributed by atoms with Gasteiger partial charge in [0.1, 0.15) is 5.82 Å². The number of hydrogen-bond acceptors (Lipinski definition) is 2. The van der Waals surface area contributed by atoms with Gasteiger partial charge in [-0.3, -0.25) is 4.79 Å². The van der Waals surface area contributed by atoms with Crippen LogP contribution in [-0.4, -0.2) is 17.0 Å². The molecule has 0 aliphatic carbocycles. The van der Waals surface area contributed by atoms with Crippen LogP contribution in [0.4, 0.5) is 4.39 Å². The molecule has 82 valence electrons. The number of carboxylic acids is 1. The lowest BCUT2D eigenvalue weighted by atomic mass is 10.1. The number of carbonyl (C=O) groups is 2. The molecule has 0 radical (unpaired) electrons. The Morgan fingerprint density at radius 1 is 1.44 bits per heavy atom. The molecule has 0 aliphatic rings. The van der Waals surface area contributed by atoms with E-state index in [1.54, 1.807) is 0 Å². The summed E-state index contributed by atoms with van der Waals surface area (Å²) in [5.74, 6) is 2.35. The van der Waals surface area contributed by atoms with Crippen molar-refractivity contribution < 1.29 is 19.1 Å². The van der Waals surface area contributed by atoms with E-state index in [0.717, 1.165) is 18.2 Å². The van der Waals surface area contributed by atoms with Crippen molar-refractivity contribution in [2.75, 3.05) is 0 Å². The summed E-state index contributed by atoms with van der Waals surface area (Å²) in [5.41, 5.74) is 4.76. The zero-order valence-electron chi connectivity index (χ0n) is 8.16. The van der Waals surface area contributed by atoms with Crippen molar-refractivity contribution in [1.82, 2.24) is 0 Å². The van der Waals surface area contributed by atoms with Crippen LogP contribution in [0.2, 0.25) is 0 Å². The minimum absolute atomic E-state index is 0.0220. The highest BCUT2D eigenvalue weighted by atomic mass is 19.1. The molecule has 4 nitrogen and oxygen atoms in total. The van der Waals surface area contributed by atoms with Gasteiger partial charge in [0, 0.05) is 5.56 Å². The Morgan fingerprint density at radius 3 is 2.69 bits per heavy atom. The highest BCUT2D eigenvalue weighted by Gasteiger charge is 2.08. The highest BCUT2D eigenvalue weighted by Crippen LogP contribution is 2.10. The summed E-state index contributed by atoms with van der Waals surface area (Å²) in [5, 5.41) is 8.78. The molecule has 1 amide bonds. The smallest absolute Gasteiger partial charge is 0.336 e. The number of benzene rings is 1. The minimum Gasteiger partial charge on any atom is -0.478 e. The van der Waals surface area contributed by atoms with Crippen LogP contribution in [0.1, 0.15) is 22.3 Å². The molecule has 0 saturated carbocycles. The number of amides is 1. The lowest BCUT2D eigenvalue weighted by Crippen LogP contribution is -2.08. The Balaban J connectivity index is 3.08. The van der Waals surface area contributed by atoms with Crippen molar-refractivity contribution in [2.24, 2.45) is 5.73 Å². The number of nitrogens with two attached hydrogens (primary N) is 1. The van der Waals surface area contributed by atoms with E-state index >= 15 is 0 Å². The van der Waals surface area contributed by atoms with Crippen LogP contribution < -0.4 is 5.73 Å². The van der Waals surface area contributed by atoms with Crippen LogP contribution in [0.3, 0.4) is 0 Å².